The number of halogens is 3. The number of piperidine rings is 1. The highest BCUT2D eigenvalue weighted by molar-refractivity contribution is 6.44. The second-order valence-corrected chi connectivity index (χ2v) is 6.52. The molecule has 0 amide bonds. The fraction of sp³-hybridized carbons (Fsp3) is 0.571. The van der Waals surface area contributed by atoms with Crippen LogP contribution in [-0.4, -0.2) is 30.1 Å². The molecule has 1 aliphatic heterocycles. The second-order valence-electron chi connectivity index (χ2n) is 5.29. The number of rotatable bonds is 3. The summed E-state index contributed by atoms with van der Waals surface area (Å²) in [5.41, 5.74) is 0.874. The van der Waals surface area contributed by atoms with Crippen molar-refractivity contribution in [3.05, 3.63) is 27.2 Å². The summed E-state index contributed by atoms with van der Waals surface area (Å²) in [5, 5.41) is 5.13. The van der Waals surface area contributed by atoms with Gasteiger partial charge in [-0.25, -0.2) is 0 Å². The summed E-state index contributed by atoms with van der Waals surface area (Å²) in [5.74, 6) is 0. The Labute approximate surface area is 130 Å². The highest BCUT2D eigenvalue weighted by Crippen LogP contribution is 2.33. The zero-order valence-corrected chi connectivity index (χ0v) is 13.5. The highest BCUT2D eigenvalue weighted by atomic mass is 35.5. The van der Waals surface area contributed by atoms with Crippen molar-refractivity contribution in [2.75, 3.05) is 18.4 Å². The molecule has 0 unspecified atom stereocenters. The molecule has 0 spiro atoms. The molecule has 19 heavy (non-hydrogen) atoms. The molecule has 106 valence electrons. The normalized spacial score (nSPS) is 18.0. The van der Waals surface area contributed by atoms with E-state index in [4.69, 9.17) is 34.8 Å². The first-order chi connectivity index (χ1) is 8.97. The zero-order valence-electron chi connectivity index (χ0n) is 11.2. The van der Waals surface area contributed by atoms with Gasteiger partial charge in [-0.05, 0) is 38.8 Å². The van der Waals surface area contributed by atoms with E-state index in [0.717, 1.165) is 31.6 Å². The van der Waals surface area contributed by atoms with E-state index in [1.807, 2.05) is 0 Å². The smallest absolute Gasteiger partial charge is 0.0653 e. The maximum atomic E-state index is 6.18. The molecule has 0 atom stereocenters. The molecule has 5 heteroatoms. The number of benzene rings is 1. The summed E-state index contributed by atoms with van der Waals surface area (Å²) in [6.45, 7) is 6.72. The summed E-state index contributed by atoms with van der Waals surface area (Å²) >= 11 is 18.1. The lowest BCUT2D eigenvalue weighted by Gasteiger charge is -2.35. The zero-order chi connectivity index (χ0) is 14.0. The molecule has 1 saturated heterocycles. The predicted molar refractivity (Wildman–Crippen MR) is 84.8 cm³/mol. The molecule has 1 N–H and O–H groups in total. The van der Waals surface area contributed by atoms with Crippen molar-refractivity contribution in [2.45, 2.75) is 38.8 Å². The fourth-order valence-corrected chi connectivity index (χ4v) is 3.01. The van der Waals surface area contributed by atoms with Gasteiger partial charge in [0, 0.05) is 25.2 Å². The van der Waals surface area contributed by atoms with Crippen LogP contribution in [0.2, 0.25) is 15.1 Å². The standard InChI is InChI=1S/C14H19Cl3N2/c1-9(2)19-5-3-10(4-6-19)18-14-8-12(16)11(15)7-13(14)17/h7-10,18H,3-6H2,1-2H3. The molecule has 0 saturated carbocycles. The second kappa shape index (κ2) is 6.53. The summed E-state index contributed by atoms with van der Waals surface area (Å²) < 4.78 is 0. The van der Waals surface area contributed by atoms with Gasteiger partial charge in [-0.15, -0.1) is 0 Å². The summed E-state index contributed by atoms with van der Waals surface area (Å²) in [6.07, 6.45) is 2.24. The van der Waals surface area contributed by atoms with Crippen LogP contribution in [0.5, 0.6) is 0 Å². The monoisotopic (exact) mass is 320 g/mol. The van der Waals surface area contributed by atoms with E-state index in [2.05, 4.69) is 24.1 Å². The third kappa shape index (κ3) is 3.91. The number of likely N-dealkylation sites (tertiary alicyclic amines) is 1. The average molecular weight is 322 g/mol. The Morgan fingerprint density at radius 3 is 2.21 bits per heavy atom. The van der Waals surface area contributed by atoms with Crippen LogP contribution in [0.4, 0.5) is 5.69 Å². The minimum Gasteiger partial charge on any atom is -0.381 e. The van der Waals surface area contributed by atoms with Gasteiger partial charge in [0.05, 0.1) is 20.8 Å². The van der Waals surface area contributed by atoms with Gasteiger partial charge >= 0.3 is 0 Å². The molecule has 0 bridgehead atoms. The van der Waals surface area contributed by atoms with Crippen LogP contribution in [0.15, 0.2) is 12.1 Å². The van der Waals surface area contributed by atoms with Crippen LogP contribution in [0.1, 0.15) is 26.7 Å². The lowest BCUT2D eigenvalue weighted by atomic mass is 10.0. The van der Waals surface area contributed by atoms with Crippen molar-refractivity contribution in [3.63, 3.8) is 0 Å². The molecule has 0 radical (unpaired) electrons. The first kappa shape index (κ1) is 15.2. The van der Waals surface area contributed by atoms with Gasteiger partial charge in [0.1, 0.15) is 0 Å². The molecule has 2 rings (SSSR count). The van der Waals surface area contributed by atoms with Crippen LogP contribution in [0.25, 0.3) is 0 Å². The van der Waals surface area contributed by atoms with Crippen molar-refractivity contribution in [1.82, 2.24) is 4.90 Å². The molecular formula is C14H19Cl3N2. The van der Waals surface area contributed by atoms with Crippen molar-refractivity contribution in [2.24, 2.45) is 0 Å². The Morgan fingerprint density at radius 1 is 1.05 bits per heavy atom. The van der Waals surface area contributed by atoms with E-state index in [9.17, 15) is 0 Å². The maximum Gasteiger partial charge on any atom is 0.0653 e. The Balaban J connectivity index is 1.98. The van der Waals surface area contributed by atoms with Crippen LogP contribution in [0.3, 0.4) is 0 Å². The molecular weight excluding hydrogens is 303 g/mol. The average Bonchev–Trinajstić information content (AvgIpc) is 2.36. The molecule has 1 aromatic rings. The van der Waals surface area contributed by atoms with E-state index in [0.29, 0.717) is 27.2 Å². The van der Waals surface area contributed by atoms with Gasteiger partial charge in [-0.1, -0.05) is 34.8 Å². The van der Waals surface area contributed by atoms with Crippen molar-refractivity contribution >= 4 is 40.5 Å². The first-order valence-corrected chi connectivity index (χ1v) is 7.76. The topological polar surface area (TPSA) is 15.3 Å². The highest BCUT2D eigenvalue weighted by Gasteiger charge is 2.21. The van der Waals surface area contributed by atoms with E-state index in [-0.39, 0.29) is 0 Å². The quantitative estimate of drug-likeness (QED) is 0.794. The van der Waals surface area contributed by atoms with Crippen molar-refractivity contribution in [3.8, 4) is 0 Å². The van der Waals surface area contributed by atoms with E-state index in [1.54, 1.807) is 12.1 Å². The lowest BCUT2D eigenvalue weighted by Crippen LogP contribution is -2.42. The molecule has 0 aromatic heterocycles. The molecule has 1 heterocycles. The van der Waals surface area contributed by atoms with E-state index < -0.39 is 0 Å². The Kier molecular flexibility index (Phi) is 5.24. The van der Waals surface area contributed by atoms with Gasteiger partial charge < -0.3 is 10.2 Å². The fourth-order valence-electron chi connectivity index (χ4n) is 2.41. The van der Waals surface area contributed by atoms with Gasteiger partial charge in [-0.2, -0.15) is 0 Å². The number of anilines is 1. The van der Waals surface area contributed by atoms with E-state index in [1.165, 1.54) is 0 Å². The van der Waals surface area contributed by atoms with Gasteiger partial charge in [0.15, 0.2) is 0 Å². The minimum absolute atomic E-state index is 0.449. The van der Waals surface area contributed by atoms with E-state index >= 15 is 0 Å². The van der Waals surface area contributed by atoms with Crippen LogP contribution in [0, 0.1) is 0 Å². The first-order valence-electron chi connectivity index (χ1n) is 6.62. The van der Waals surface area contributed by atoms with Gasteiger partial charge in [0.25, 0.3) is 0 Å². The summed E-state index contributed by atoms with van der Waals surface area (Å²) in [6, 6.07) is 4.57. The Bertz CT molecular complexity index is 441. The minimum atomic E-state index is 0.449. The molecule has 1 aromatic carbocycles. The van der Waals surface area contributed by atoms with Crippen LogP contribution in [-0.2, 0) is 0 Å². The Morgan fingerprint density at radius 2 is 1.63 bits per heavy atom. The number of hydrogen-bond donors (Lipinski definition) is 1. The molecule has 0 aliphatic carbocycles. The van der Waals surface area contributed by atoms with Gasteiger partial charge in [-0.3, -0.25) is 0 Å². The van der Waals surface area contributed by atoms with Crippen molar-refractivity contribution < 1.29 is 0 Å². The lowest BCUT2D eigenvalue weighted by molar-refractivity contribution is 0.177. The predicted octanol–water partition coefficient (Wildman–Crippen LogP) is 4.93. The molecule has 1 aliphatic rings. The maximum absolute atomic E-state index is 6.18. The number of nitrogens with zero attached hydrogens (tertiary/aromatic N) is 1. The molecule has 1 fully saturated rings. The largest absolute Gasteiger partial charge is 0.381 e. The third-order valence-electron chi connectivity index (χ3n) is 3.63. The molecule has 2 nitrogen and oxygen atoms in total. The summed E-state index contributed by atoms with van der Waals surface area (Å²) in [4.78, 5) is 2.49. The van der Waals surface area contributed by atoms with Crippen molar-refractivity contribution in [1.29, 1.82) is 0 Å². The SMILES string of the molecule is CC(C)N1CCC(Nc2cc(Cl)c(Cl)cc2Cl)CC1. The van der Waals surface area contributed by atoms with Crippen LogP contribution < -0.4 is 5.32 Å². The number of hydrogen-bond acceptors (Lipinski definition) is 2. The van der Waals surface area contributed by atoms with Crippen LogP contribution >= 0.6 is 34.8 Å². The number of nitrogens with one attached hydrogen (secondary N) is 1. The summed E-state index contributed by atoms with van der Waals surface area (Å²) in [7, 11) is 0. The Hall–Kier alpha value is -0.150. The van der Waals surface area contributed by atoms with Gasteiger partial charge in [0.2, 0.25) is 0 Å². The third-order valence-corrected chi connectivity index (χ3v) is 4.66.